The van der Waals surface area contributed by atoms with Crippen molar-refractivity contribution in [2.24, 2.45) is 0 Å². The van der Waals surface area contributed by atoms with Gasteiger partial charge in [-0.1, -0.05) is 0 Å². The van der Waals surface area contributed by atoms with Gasteiger partial charge in [0.25, 0.3) is 0 Å². The molecule has 1 aromatic carbocycles. The molecule has 0 aliphatic carbocycles. The van der Waals surface area contributed by atoms with Crippen LogP contribution >= 0.6 is 0 Å². The Bertz CT molecular complexity index is 438. The van der Waals surface area contributed by atoms with E-state index >= 15 is 0 Å². The van der Waals surface area contributed by atoms with Gasteiger partial charge in [0.2, 0.25) is 0 Å². The Morgan fingerprint density at radius 2 is 1.71 bits per heavy atom. The van der Waals surface area contributed by atoms with Crippen molar-refractivity contribution in [2.75, 3.05) is 0 Å². The van der Waals surface area contributed by atoms with E-state index in [2.05, 4.69) is 0 Å². The largest absolute Gasteiger partial charge is 0.389 e. The van der Waals surface area contributed by atoms with Crippen molar-refractivity contribution in [1.29, 1.82) is 5.26 Å². The molecule has 5 nitrogen and oxygen atoms in total. The molecule has 0 fully saturated rings. The number of carbonyl (C=O) groups excluding carboxylic acids is 2. The van der Waals surface area contributed by atoms with E-state index in [9.17, 15) is 19.8 Å². The van der Waals surface area contributed by atoms with Gasteiger partial charge in [-0.15, -0.1) is 0 Å². The molecule has 0 amide bonds. The number of nitrogens with zero attached hydrogens (tertiary/aromatic N) is 1. The highest BCUT2D eigenvalue weighted by Gasteiger charge is 2.19. The molecule has 0 saturated heterocycles. The Morgan fingerprint density at radius 1 is 1.18 bits per heavy atom. The Hall–Kier alpha value is -2.03. The normalized spacial score (nSPS) is 13.5. The molecule has 88 valence electrons. The third-order valence-electron chi connectivity index (χ3n) is 2.28. The van der Waals surface area contributed by atoms with Crippen molar-refractivity contribution in [1.82, 2.24) is 0 Å². The zero-order valence-electron chi connectivity index (χ0n) is 8.91. The fraction of sp³-hybridized carbons (Fsp3) is 0.250. The Kier molecular flexibility index (Phi) is 4.52. The quantitative estimate of drug-likeness (QED) is 0.726. The number of aliphatic hydroxyl groups is 2. The Labute approximate surface area is 97.9 Å². The smallest absolute Gasteiger partial charge is 0.150 e. The number of rotatable bonds is 5. The van der Waals surface area contributed by atoms with Crippen molar-refractivity contribution in [3.8, 4) is 6.07 Å². The maximum absolute atomic E-state index is 10.6. The standard InChI is InChI=1S/C12H11NO4/c13-2-1-11(16)12(17)10-4-8(6-14)3-9(5-10)7-15/h3-7,11-12,16-17H,1H2. The molecule has 0 aliphatic rings. The van der Waals surface area contributed by atoms with E-state index in [1.54, 1.807) is 6.07 Å². The van der Waals surface area contributed by atoms with Crippen molar-refractivity contribution in [3.63, 3.8) is 0 Å². The van der Waals surface area contributed by atoms with E-state index in [0.29, 0.717) is 12.6 Å². The molecule has 0 heterocycles. The van der Waals surface area contributed by atoms with Crippen LogP contribution in [0.25, 0.3) is 0 Å². The van der Waals surface area contributed by atoms with Gasteiger partial charge < -0.3 is 10.2 Å². The average molecular weight is 233 g/mol. The molecule has 1 rings (SSSR count). The van der Waals surface area contributed by atoms with Crippen LogP contribution in [0.3, 0.4) is 0 Å². The predicted octanol–water partition coefficient (Wildman–Crippen LogP) is 0.620. The Morgan fingerprint density at radius 3 is 2.12 bits per heavy atom. The first-order chi connectivity index (χ1) is 8.12. The lowest BCUT2D eigenvalue weighted by Crippen LogP contribution is -2.17. The molecule has 0 bridgehead atoms. The second kappa shape index (κ2) is 5.89. The molecule has 2 N–H and O–H groups in total. The van der Waals surface area contributed by atoms with E-state index in [-0.39, 0.29) is 23.1 Å². The topological polar surface area (TPSA) is 98.4 Å². The van der Waals surface area contributed by atoms with Crippen molar-refractivity contribution >= 4 is 12.6 Å². The monoisotopic (exact) mass is 233 g/mol. The summed E-state index contributed by atoms with van der Waals surface area (Å²) >= 11 is 0. The van der Waals surface area contributed by atoms with Crippen LogP contribution in [0.1, 0.15) is 38.8 Å². The summed E-state index contributed by atoms with van der Waals surface area (Å²) < 4.78 is 0. The number of hydrogen-bond acceptors (Lipinski definition) is 5. The Balaban J connectivity index is 3.08. The lowest BCUT2D eigenvalue weighted by Gasteiger charge is -2.16. The van der Waals surface area contributed by atoms with Crippen LogP contribution in [0.2, 0.25) is 0 Å². The van der Waals surface area contributed by atoms with E-state index in [0.717, 1.165) is 0 Å². The van der Waals surface area contributed by atoms with E-state index in [1.165, 1.54) is 18.2 Å². The molecule has 2 unspecified atom stereocenters. The molecule has 1 aromatic rings. The number of nitriles is 1. The van der Waals surface area contributed by atoms with Crippen LogP contribution in [0, 0.1) is 11.3 Å². The lowest BCUT2D eigenvalue weighted by atomic mass is 9.98. The molecule has 0 saturated carbocycles. The van der Waals surface area contributed by atoms with Crippen LogP contribution in [0.15, 0.2) is 18.2 Å². The highest BCUT2D eigenvalue weighted by atomic mass is 16.3. The molecule has 0 aromatic heterocycles. The van der Waals surface area contributed by atoms with Gasteiger partial charge in [0.15, 0.2) is 0 Å². The summed E-state index contributed by atoms with van der Waals surface area (Å²) in [5.41, 5.74) is 0.695. The fourth-order valence-corrected chi connectivity index (χ4v) is 1.44. The van der Waals surface area contributed by atoms with E-state index < -0.39 is 12.2 Å². The van der Waals surface area contributed by atoms with Crippen molar-refractivity contribution in [2.45, 2.75) is 18.6 Å². The summed E-state index contributed by atoms with van der Waals surface area (Å²) in [5.74, 6) is 0. The summed E-state index contributed by atoms with van der Waals surface area (Å²) in [6, 6.07) is 5.83. The first-order valence-corrected chi connectivity index (χ1v) is 4.90. The minimum atomic E-state index is -1.30. The summed E-state index contributed by atoms with van der Waals surface area (Å²) in [4.78, 5) is 21.3. The van der Waals surface area contributed by atoms with Crippen LogP contribution in [-0.4, -0.2) is 28.9 Å². The number of benzene rings is 1. The maximum Gasteiger partial charge on any atom is 0.150 e. The number of aldehydes is 2. The first-order valence-electron chi connectivity index (χ1n) is 4.90. The highest BCUT2D eigenvalue weighted by molar-refractivity contribution is 5.82. The van der Waals surface area contributed by atoms with Gasteiger partial charge in [-0.25, -0.2) is 0 Å². The lowest BCUT2D eigenvalue weighted by molar-refractivity contribution is 0.0216. The maximum atomic E-state index is 10.6. The predicted molar refractivity (Wildman–Crippen MR) is 58.4 cm³/mol. The SMILES string of the molecule is N#CCC(O)C(O)c1cc(C=O)cc(C=O)c1. The van der Waals surface area contributed by atoms with E-state index in [1.807, 2.05) is 0 Å². The highest BCUT2D eigenvalue weighted by Crippen LogP contribution is 2.20. The zero-order chi connectivity index (χ0) is 12.8. The molecule has 0 spiro atoms. The molecule has 17 heavy (non-hydrogen) atoms. The number of carbonyl (C=O) groups is 2. The van der Waals surface area contributed by atoms with Gasteiger partial charge in [-0.2, -0.15) is 5.26 Å². The summed E-state index contributed by atoms with van der Waals surface area (Å²) in [6.07, 6.45) is -1.70. The summed E-state index contributed by atoms with van der Waals surface area (Å²) in [5, 5.41) is 27.6. The van der Waals surface area contributed by atoms with Crippen molar-refractivity contribution in [3.05, 3.63) is 34.9 Å². The first kappa shape index (κ1) is 13.0. The van der Waals surface area contributed by atoms with E-state index in [4.69, 9.17) is 5.26 Å². The van der Waals surface area contributed by atoms with Crippen LogP contribution in [-0.2, 0) is 0 Å². The van der Waals surface area contributed by atoms with Gasteiger partial charge in [-0.05, 0) is 23.8 Å². The average Bonchev–Trinajstić information content (AvgIpc) is 2.37. The molecule has 0 aliphatic heterocycles. The van der Waals surface area contributed by atoms with Crippen LogP contribution < -0.4 is 0 Å². The summed E-state index contributed by atoms with van der Waals surface area (Å²) in [6.45, 7) is 0. The van der Waals surface area contributed by atoms with Gasteiger partial charge in [0, 0.05) is 11.1 Å². The zero-order valence-corrected chi connectivity index (χ0v) is 8.91. The minimum Gasteiger partial charge on any atom is -0.389 e. The van der Waals surface area contributed by atoms with Gasteiger partial charge in [0.1, 0.15) is 18.7 Å². The number of hydrogen-bond donors (Lipinski definition) is 2. The second-order valence-corrected chi connectivity index (χ2v) is 3.54. The van der Waals surface area contributed by atoms with Gasteiger partial charge >= 0.3 is 0 Å². The van der Waals surface area contributed by atoms with Crippen LogP contribution in [0.4, 0.5) is 0 Å². The molecular weight excluding hydrogens is 222 g/mol. The third kappa shape index (κ3) is 3.21. The molecule has 0 radical (unpaired) electrons. The third-order valence-corrected chi connectivity index (χ3v) is 2.28. The molecule has 2 atom stereocenters. The van der Waals surface area contributed by atoms with Crippen molar-refractivity contribution < 1.29 is 19.8 Å². The fourth-order valence-electron chi connectivity index (χ4n) is 1.44. The van der Waals surface area contributed by atoms with Gasteiger partial charge in [0.05, 0.1) is 18.6 Å². The molecular formula is C12H11NO4. The second-order valence-electron chi connectivity index (χ2n) is 3.54. The minimum absolute atomic E-state index is 0.229. The summed E-state index contributed by atoms with van der Waals surface area (Å²) in [7, 11) is 0. The van der Waals surface area contributed by atoms with Gasteiger partial charge in [-0.3, -0.25) is 9.59 Å². The van der Waals surface area contributed by atoms with Crippen LogP contribution in [0.5, 0.6) is 0 Å². The number of aliphatic hydroxyl groups excluding tert-OH is 2. The molecule has 5 heteroatoms.